The SMILES string of the molecule is Cc1ccn(-c2cc(Cl)ccc2[C@@H](Oc2nc(N)nc(N3CCC4(CC3)CN[C@H](C(=O)O)C4)n2)C(F)(F)F)n1. The van der Waals surface area contributed by atoms with Gasteiger partial charge in [0.25, 0.3) is 0 Å². The predicted octanol–water partition coefficient (Wildman–Crippen LogP) is 3.32. The van der Waals surface area contributed by atoms with Gasteiger partial charge in [-0.05, 0) is 49.8 Å². The summed E-state index contributed by atoms with van der Waals surface area (Å²) in [6.45, 7) is 3.24. The quantitative estimate of drug-likeness (QED) is 0.406. The number of aryl methyl sites for hydroxylation is 1. The van der Waals surface area contributed by atoms with E-state index in [2.05, 4.69) is 25.4 Å². The number of aliphatic carboxylic acids is 1. The van der Waals surface area contributed by atoms with Gasteiger partial charge in [0.1, 0.15) is 6.04 Å². The Hall–Kier alpha value is -3.65. The van der Waals surface area contributed by atoms with Gasteiger partial charge >= 0.3 is 18.2 Å². The maximum atomic E-state index is 14.4. The molecular formula is C24H26ClF3N8O3. The number of nitrogens with two attached hydrogens (primary N) is 1. The highest BCUT2D eigenvalue weighted by Crippen LogP contribution is 2.41. The van der Waals surface area contributed by atoms with Crippen molar-refractivity contribution in [2.24, 2.45) is 5.41 Å². The van der Waals surface area contributed by atoms with Crippen molar-refractivity contribution in [3.8, 4) is 11.7 Å². The molecule has 2 aromatic heterocycles. The molecule has 4 heterocycles. The smallest absolute Gasteiger partial charge is 0.429 e. The van der Waals surface area contributed by atoms with Gasteiger partial charge in [-0.3, -0.25) is 4.79 Å². The summed E-state index contributed by atoms with van der Waals surface area (Å²) < 4.78 is 49.7. The zero-order valence-electron chi connectivity index (χ0n) is 20.8. The van der Waals surface area contributed by atoms with Crippen molar-refractivity contribution in [1.82, 2.24) is 30.0 Å². The van der Waals surface area contributed by atoms with Gasteiger partial charge in [-0.2, -0.15) is 33.2 Å². The van der Waals surface area contributed by atoms with E-state index in [0.29, 0.717) is 44.6 Å². The van der Waals surface area contributed by atoms with Crippen LogP contribution in [0.5, 0.6) is 6.01 Å². The largest absolute Gasteiger partial charge is 0.480 e. The number of hydrogen-bond donors (Lipinski definition) is 3. The molecule has 3 aromatic rings. The second-order valence-corrected chi connectivity index (χ2v) is 10.3. The molecule has 39 heavy (non-hydrogen) atoms. The molecule has 11 nitrogen and oxygen atoms in total. The Balaban J connectivity index is 1.40. The van der Waals surface area contributed by atoms with Gasteiger partial charge in [0.2, 0.25) is 18.0 Å². The minimum atomic E-state index is -4.85. The molecule has 1 spiro atoms. The summed E-state index contributed by atoms with van der Waals surface area (Å²) in [5.74, 6) is -1.08. The summed E-state index contributed by atoms with van der Waals surface area (Å²) in [7, 11) is 0. The van der Waals surface area contributed by atoms with Crippen LogP contribution in [0.3, 0.4) is 0 Å². The van der Waals surface area contributed by atoms with Crippen LogP contribution in [-0.2, 0) is 4.79 Å². The fraction of sp³-hybridized carbons (Fsp3) is 0.458. The number of benzene rings is 1. The lowest BCUT2D eigenvalue weighted by Crippen LogP contribution is -2.42. The molecule has 1 aromatic carbocycles. The number of anilines is 2. The van der Waals surface area contributed by atoms with Crippen molar-refractivity contribution in [1.29, 1.82) is 0 Å². The number of hydrogen-bond acceptors (Lipinski definition) is 9. The summed E-state index contributed by atoms with van der Waals surface area (Å²) in [5, 5.41) is 16.8. The number of rotatable bonds is 6. The molecule has 0 bridgehead atoms. The minimum Gasteiger partial charge on any atom is -0.480 e. The highest BCUT2D eigenvalue weighted by Gasteiger charge is 2.46. The normalized spacial score (nSPS) is 19.8. The number of carboxylic acids is 1. The van der Waals surface area contributed by atoms with Gasteiger partial charge in [0.15, 0.2) is 0 Å². The Morgan fingerprint density at radius 1 is 1.26 bits per heavy atom. The van der Waals surface area contributed by atoms with Crippen molar-refractivity contribution >= 4 is 29.5 Å². The molecule has 208 valence electrons. The fourth-order valence-electron chi connectivity index (χ4n) is 5.11. The van der Waals surface area contributed by atoms with Crippen LogP contribution >= 0.6 is 11.6 Å². The zero-order valence-corrected chi connectivity index (χ0v) is 21.6. The van der Waals surface area contributed by atoms with Crippen LogP contribution in [0.2, 0.25) is 5.02 Å². The monoisotopic (exact) mass is 566 g/mol. The first-order chi connectivity index (χ1) is 18.4. The molecule has 2 atom stereocenters. The molecule has 5 rings (SSSR count). The van der Waals surface area contributed by atoms with E-state index in [1.807, 2.05) is 0 Å². The molecule has 0 amide bonds. The molecule has 2 saturated heterocycles. The Morgan fingerprint density at radius 2 is 2.00 bits per heavy atom. The first-order valence-corrected chi connectivity index (χ1v) is 12.6. The molecule has 4 N–H and O–H groups in total. The average molecular weight is 567 g/mol. The van der Waals surface area contributed by atoms with Crippen LogP contribution in [0.25, 0.3) is 5.69 Å². The van der Waals surface area contributed by atoms with Crippen LogP contribution in [0, 0.1) is 12.3 Å². The van der Waals surface area contributed by atoms with Gasteiger partial charge in [-0.15, -0.1) is 0 Å². The second kappa shape index (κ2) is 10.2. The number of aromatic nitrogens is 5. The number of nitrogen functional groups attached to an aromatic ring is 1. The summed E-state index contributed by atoms with van der Waals surface area (Å²) in [5.41, 5.74) is 6.13. The maximum absolute atomic E-state index is 14.4. The molecule has 0 radical (unpaired) electrons. The van der Waals surface area contributed by atoms with Crippen LogP contribution in [0.15, 0.2) is 30.5 Å². The number of piperidine rings is 1. The summed E-state index contributed by atoms with van der Waals surface area (Å²) in [4.78, 5) is 25.2. The third kappa shape index (κ3) is 5.71. The first-order valence-electron chi connectivity index (χ1n) is 12.2. The molecule has 15 heteroatoms. The fourth-order valence-corrected chi connectivity index (χ4v) is 5.27. The second-order valence-electron chi connectivity index (χ2n) is 9.88. The molecule has 0 unspecified atom stereocenters. The highest BCUT2D eigenvalue weighted by atomic mass is 35.5. The lowest BCUT2D eigenvalue weighted by Gasteiger charge is -2.38. The van der Waals surface area contributed by atoms with E-state index in [1.54, 1.807) is 17.9 Å². The number of nitrogens with zero attached hydrogens (tertiary/aromatic N) is 6. The Labute approximate surface area is 226 Å². The topological polar surface area (TPSA) is 144 Å². The molecular weight excluding hydrogens is 541 g/mol. The number of carbonyl (C=O) groups is 1. The van der Waals surface area contributed by atoms with Crippen molar-refractivity contribution in [3.63, 3.8) is 0 Å². The molecule has 0 aliphatic carbocycles. The molecule has 0 saturated carbocycles. The van der Waals surface area contributed by atoms with Crippen LogP contribution in [0.4, 0.5) is 25.1 Å². The Kier molecular flexibility index (Phi) is 7.01. The van der Waals surface area contributed by atoms with Crippen molar-refractivity contribution < 1.29 is 27.8 Å². The number of nitrogens with one attached hydrogen (secondary N) is 1. The summed E-state index contributed by atoms with van der Waals surface area (Å²) in [6.07, 6.45) is -3.94. The Bertz CT molecular complexity index is 1380. The van der Waals surface area contributed by atoms with E-state index < -0.39 is 30.3 Å². The van der Waals surface area contributed by atoms with Gasteiger partial charge < -0.3 is 25.8 Å². The third-order valence-corrected chi connectivity index (χ3v) is 7.39. The Morgan fingerprint density at radius 3 is 2.62 bits per heavy atom. The average Bonchev–Trinajstić information content (AvgIpc) is 3.49. The number of ether oxygens (including phenoxy) is 1. The maximum Gasteiger partial charge on any atom is 0.429 e. The van der Waals surface area contributed by atoms with E-state index in [9.17, 15) is 23.1 Å². The number of carboxylic acid groups (broad SMARTS) is 1. The van der Waals surface area contributed by atoms with Gasteiger partial charge in [-0.25, -0.2) is 4.68 Å². The van der Waals surface area contributed by atoms with Crippen molar-refractivity contribution in [2.75, 3.05) is 30.3 Å². The standard InChI is InChI=1S/C24H26ClF3N8O3/c1-13-4-7-36(34-13)17-10-14(25)2-3-15(17)18(24(26,27)28)39-22-32-20(29)31-21(33-22)35-8-5-23(6-9-35)11-16(19(37)38)30-12-23/h2-4,7,10,16,18,30H,5-6,8-9,11-12H2,1H3,(H,37,38)(H2,29,31,32,33)/t16-,18+/m0/s1. The third-order valence-electron chi connectivity index (χ3n) is 7.15. The van der Waals surface area contributed by atoms with Gasteiger partial charge in [0.05, 0.1) is 11.4 Å². The van der Waals surface area contributed by atoms with Gasteiger partial charge in [-0.1, -0.05) is 17.7 Å². The van der Waals surface area contributed by atoms with E-state index in [1.165, 1.54) is 29.1 Å². The van der Waals surface area contributed by atoms with E-state index in [0.717, 1.165) is 0 Å². The first kappa shape index (κ1) is 26.9. The van der Waals surface area contributed by atoms with Gasteiger partial charge in [0, 0.05) is 36.4 Å². The lowest BCUT2D eigenvalue weighted by atomic mass is 9.76. The van der Waals surface area contributed by atoms with Crippen LogP contribution < -0.4 is 20.7 Å². The van der Waals surface area contributed by atoms with E-state index in [-0.39, 0.29) is 33.6 Å². The molecule has 2 aliphatic heterocycles. The van der Waals surface area contributed by atoms with Crippen LogP contribution in [-0.4, -0.2) is 67.7 Å². The summed E-state index contributed by atoms with van der Waals surface area (Å²) in [6, 6.07) is 4.41. The highest BCUT2D eigenvalue weighted by molar-refractivity contribution is 6.30. The van der Waals surface area contributed by atoms with E-state index in [4.69, 9.17) is 22.1 Å². The van der Waals surface area contributed by atoms with Crippen LogP contribution in [0.1, 0.15) is 36.6 Å². The van der Waals surface area contributed by atoms with E-state index >= 15 is 0 Å². The molecule has 2 aliphatic rings. The minimum absolute atomic E-state index is 0.0892. The number of alkyl halides is 3. The van der Waals surface area contributed by atoms with Crippen molar-refractivity contribution in [2.45, 2.75) is 44.5 Å². The lowest BCUT2D eigenvalue weighted by molar-refractivity contribution is -0.199. The summed E-state index contributed by atoms with van der Waals surface area (Å²) >= 11 is 6.10. The predicted molar refractivity (Wildman–Crippen MR) is 135 cm³/mol. The zero-order chi connectivity index (χ0) is 27.9. The van der Waals surface area contributed by atoms with Crippen molar-refractivity contribution in [3.05, 3.63) is 46.7 Å². The molecule has 2 fully saturated rings. The number of halogens is 4.